The van der Waals surface area contributed by atoms with Crippen LogP contribution in [0.25, 0.3) is 0 Å². The van der Waals surface area contributed by atoms with Crippen molar-refractivity contribution in [3.63, 3.8) is 0 Å². The highest BCUT2D eigenvalue weighted by Crippen LogP contribution is 2.30. The molecule has 53 heavy (non-hydrogen) atoms. The second kappa shape index (κ2) is 21.6. The summed E-state index contributed by atoms with van der Waals surface area (Å²) in [5, 5.41) is 6.19. The second-order valence-corrected chi connectivity index (χ2v) is 15.9. The Morgan fingerprint density at radius 1 is 0.868 bits per heavy atom. The molecule has 0 spiro atoms. The van der Waals surface area contributed by atoms with E-state index in [4.69, 9.17) is 14.2 Å². The van der Waals surface area contributed by atoms with Gasteiger partial charge < -0.3 is 34.6 Å². The molecule has 2 N–H and O–H groups in total. The summed E-state index contributed by atoms with van der Waals surface area (Å²) >= 11 is 0. The van der Waals surface area contributed by atoms with Crippen molar-refractivity contribution < 1.29 is 33.4 Å². The van der Waals surface area contributed by atoms with Crippen LogP contribution in [0.4, 0.5) is 0 Å². The van der Waals surface area contributed by atoms with Gasteiger partial charge in [-0.2, -0.15) is 0 Å². The van der Waals surface area contributed by atoms with Crippen LogP contribution in [0.3, 0.4) is 0 Å². The summed E-state index contributed by atoms with van der Waals surface area (Å²) in [4.78, 5) is 60.7. The first-order valence-corrected chi connectivity index (χ1v) is 19.4. The molecular weight excluding hydrogens is 674 g/mol. The summed E-state index contributed by atoms with van der Waals surface area (Å²) in [7, 11) is 10.3. The monoisotopic (exact) mass is 746 g/mol. The van der Waals surface area contributed by atoms with E-state index in [1.54, 1.807) is 33.3 Å². The second-order valence-electron chi connectivity index (χ2n) is 15.9. The number of amides is 4. The summed E-state index contributed by atoms with van der Waals surface area (Å²) in [6.07, 6.45) is 1.90. The quantitative estimate of drug-likeness (QED) is 0.190. The Morgan fingerprint density at radius 2 is 1.49 bits per heavy atom. The first kappa shape index (κ1) is 45.9. The van der Waals surface area contributed by atoms with Gasteiger partial charge in [-0.15, -0.1) is 0 Å². The van der Waals surface area contributed by atoms with E-state index in [9.17, 15) is 19.2 Å². The molecule has 0 radical (unpaired) electrons. The minimum atomic E-state index is -0.745. The first-order chi connectivity index (χ1) is 24.9. The van der Waals surface area contributed by atoms with Gasteiger partial charge >= 0.3 is 0 Å². The number of nitrogens with one attached hydrogen (secondary N) is 2. The number of hydrogen-bond donors (Lipinski definition) is 2. The number of rotatable bonds is 21. The Balaban J connectivity index is 2.22. The van der Waals surface area contributed by atoms with Gasteiger partial charge in [0.15, 0.2) is 0 Å². The summed E-state index contributed by atoms with van der Waals surface area (Å²) < 4.78 is 17.3. The molecule has 0 aromatic heterocycles. The van der Waals surface area contributed by atoms with E-state index in [1.807, 2.05) is 89.7 Å². The van der Waals surface area contributed by atoms with E-state index >= 15 is 0 Å². The van der Waals surface area contributed by atoms with Gasteiger partial charge in [0, 0.05) is 33.9 Å². The SMILES string of the molecule is CC[C@H](C)C([C@@H](CC(=O)N1CCC[C@H]1[C@H](OC)[C@@H](C)C(=O)N[C@H](C)Cc1ccc(OC)cc1)OC)N(C)C(=O)[C@@H](NC(=O)[C@H](C(C)C)N(C)C)C(C)C. The largest absolute Gasteiger partial charge is 0.497 e. The molecule has 1 unspecified atom stereocenters. The summed E-state index contributed by atoms with van der Waals surface area (Å²) in [6.45, 7) is 16.3. The zero-order chi connectivity index (χ0) is 40.2. The molecule has 4 amide bonds. The van der Waals surface area contributed by atoms with Crippen molar-refractivity contribution in [1.29, 1.82) is 0 Å². The third kappa shape index (κ3) is 12.4. The Bertz CT molecular complexity index is 1300. The van der Waals surface area contributed by atoms with E-state index in [2.05, 4.69) is 24.5 Å². The van der Waals surface area contributed by atoms with Crippen LogP contribution in [-0.4, -0.2) is 130 Å². The molecule has 1 aliphatic rings. The van der Waals surface area contributed by atoms with Gasteiger partial charge in [-0.3, -0.25) is 24.1 Å². The molecule has 0 saturated carbocycles. The van der Waals surface area contributed by atoms with Crippen LogP contribution in [0.1, 0.15) is 86.6 Å². The lowest BCUT2D eigenvalue weighted by molar-refractivity contribution is -0.148. The summed E-state index contributed by atoms with van der Waals surface area (Å²) in [6, 6.07) is 5.86. The van der Waals surface area contributed by atoms with Gasteiger partial charge in [0.25, 0.3) is 0 Å². The minimum absolute atomic E-state index is 0.000114. The fraction of sp³-hybridized carbons (Fsp3) is 0.756. The van der Waals surface area contributed by atoms with E-state index in [0.717, 1.165) is 24.2 Å². The van der Waals surface area contributed by atoms with Gasteiger partial charge in [-0.25, -0.2) is 0 Å². The number of benzene rings is 1. The van der Waals surface area contributed by atoms with Crippen molar-refractivity contribution in [2.75, 3.05) is 49.0 Å². The predicted octanol–water partition coefficient (Wildman–Crippen LogP) is 4.39. The fourth-order valence-electron chi connectivity index (χ4n) is 7.95. The van der Waals surface area contributed by atoms with E-state index in [1.165, 1.54) is 0 Å². The van der Waals surface area contributed by atoms with Crippen molar-refractivity contribution in [3.05, 3.63) is 29.8 Å². The molecule has 1 fully saturated rings. The molecule has 1 saturated heterocycles. The number of likely N-dealkylation sites (N-methyl/N-ethyl adjacent to an activating group) is 2. The molecule has 12 heteroatoms. The van der Waals surface area contributed by atoms with Crippen LogP contribution in [0, 0.1) is 23.7 Å². The highest BCUT2D eigenvalue weighted by molar-refractivity contribution is 5.90. The van der Waals surface area contributed by atoms with Crippen molar-refractivity contribution in [1.82, 2.24) is 25.3 Å². The average molecular weight is 746 g/mol. The third-order valence-corrected chi connectivity index (χ3v) is 11.0. The smallest absolute Gasteiger partial charge is 0.245 e. The number of nitrogens with zero attached hydrogens (tertiary/aromatic N) is 3. The number of ether oxygens (including phenoxy) is 3. The fourth-order valence-corrected chi connectivity index (χ4v) is 7.95. The molecule has 2 rings (SSSR count). The van der Waals surface area contributed by atoms with Gasteiger partial charge in [-0.05, 0) is 75.7 Å². The van der Waals surface area contributed by atoms with E-state index < -0.39 is 30.2 Å². The first-order valence-electron chi connectivity index (χ1n) is 19.4. The maximum absolute atomic E-state index is 14.2. The van der Waals surface area contributed by atoms with Crippen LogP contribution in [0.15, 0.2) is 24.3 Å². The van der Waals surface area contributed by atoms with Crippen LogP contribution >= 0.6 is 0 Å². The molecule has 12 nitrogen and oxygen atoms in total. The van der Waals surface area contributed by atoms with Gasteiger partial charge in [0.2, 0.25) is 23.6 Å². The third-order valence-electron chi connectivity index (χ3n) is 11.0. The Kier molecular flexibility index (Phi) is 18.7. The topological polar surface area (TPSA) is 130 Å². The Morgan fingerprint density at radius 3 is 1.98 bits per heavy atom. The molecule has 1 heterocycles. The molecule has 1 aromatic rings. The molecular formula is C41H71N5O7. The van der Waals surface area contributed by atoms with Crippen molar-refractivity contribution in [3.8, 4) is 5.75 Å². The lowest BCUT2D eigenvalue weighted by atomic mass is 9.89. The maximum Gasteiger partial charge on any atom is 0.245 e. The molecule has 0 aliphatic carbocycles. The van der Waals surface area contributed by atoms with Crippen LogP contribution < -0.4 is 15.4 Å². The maximum atomic E-state index is 14.2. The van der Waals surface area contributed by atoms with Crippen LogP contribution in [-0.2, 0) is 35.1 Å². The van der Waals surface area contributed by atoms with Crippen molar-refractivity contribution in [2.24, 2.45) is 23.7 Å². The van der Waals surface area contributed by atoms with Gasteiger partial charge in [0.05, 0.1) is 49.8 Å². The van der Waals surface area contributed by atoms with Crippen molar-refractivity contribution in [2.45, 2.75) is 130 Å². The molecule has 1 aliphatic heterocycles. The standard InChI is InChI=1S/C41H71N5O7/c1-15-27(6)37(45(11)41(50)35(25(2)3)43-40(49)36(26(4)5)44(9)10)33(52-13)24-34(47)46-22-16-17-32(46)38(53-14)29(8)39(48)42-28(7)23-30-18-20-31(51-12)21-19-30/h18-21,25-29,32-33,35-38H,15-17,22-24H2,1-14H3,(H,42,48)(H,43,49)/t27-,28+,29+,32-,33+,35-,36-,37?,38+/m0/s1. The zero-order valence-corrected chi connectivity index (χ0v) is 35.1. The molecule has 302 valence electrons. The zero-order valence-electron chi connectivity index (χ0n) is 35.1. The Hall–Kier alpha value is -3.22. The highest BCUT2D eigenvalue weighted by atomic mass is 16.5. The average Bonchev–Trinajstić information content (AvgIpc) is 3.59. The van der Waals surface area contributed by atoms with Gasteiger partial charge in [-0.1, -0.05) is 67.0 Å². The lowest BCUT2D eigenvalue weighted by Crippen LogP contribution is -2.59. The summed E-state index contributed by atoms with van der Waals surface area (Å²) in [5.41, 5.74) is 1.09. The van der Waals surface area contributed by atoms with Gasteiger partial charge in [0.1, 0.15) is 11.8 Å². The highest BCUT2D eigenvalue weighted by Gasteiger charge is 2.43. The molecule has 9 atom stereocenters. The van der Waals surface area contributed by atoms with Crippen LogP contribution in [0.5, 0.6) is 5.75 Å². The number of methoxy groups -OCH3 is 3. The molecule has 1 aromatic carbocycles. The normalized spacial score (nSPS) is 19.3. The van der Waals surface area contributed by atoms with Crippen molar-refractivity contribution >= 4 is 23.6 Å². The lowest BCUT2D eigenvalue weighted by Gasteiger charge is -2.41. The number of likely N-dealkylation sites (tertiary alicyclic amines) is 1. The predicted molar refractivity (Wildman–Crippen MR) is 210 cm³/mol. The summed E-state index contributed by atoms with van der Waals surface area (Å²) in [5.74, 6) is -0.453. The van der Waals surface area contributed by atoms with E-state index in [-0.39, 0.29) is 65.9 Å². The number of carbonyl (C=O) groups is 4. The minimum Gasteiger partial charge on any atom is -0.497 e. The number of hydrogen-bond acceptors (Lipinski definition) is 8. The number of carbonyl (C=O) groups excluding carboxylic acids is 4. The molecule has 0 bridgehead atoms. The van der Waals surface area contributed by atoms with E-state index in [0.29, 0.717) is 19.4 Å². The van der Waals surface area contributed by atoms with Crippen LogP contribution in [0.2, 0.25) is 0 Å². The Labute approximate surface area is 320 Å².